The van der Waals surface area contributed by atoms with Crippen LogP contribution in [0.15, 0.2) is 36.4 Å². The summed E-state index contributed by atoms with van der Waals surface area (Å²) < 4.78 is 0. The molecule has 2 aromatic carbocycles. The lowest BCUT2D eigenvalue weighted by atomic mass is 9.89. The highest BCUT2D eigenvalue weighted by Gasteiger charge is 2.68. The Hall–Kier alpha value is -1.83. The molecule has 0 spiro atoms. The maximum absolute atomic E-state index is 11.5. The molecule has 2 aliphatic carbocycles. The molecule has 0 aliphatic heterocycles. The Bertz CT molecular complexity index is 683. The smallest absolute Gasteiger partial charge is 0.310 e. The lowest BCUT2D eigenvalue weighted by Crippen LogP contribution is -2.14. The highest BCUT2D eigenvalue weighted by molar-refractivity contribution is 5.94. The highest BCUT2D eigenvalue weighted by Crippen LogP contribution is 2.69. The summed E-state index contributed by atoms with van der Waals surface area (Å²) in [5, 5.41) is 12.0. The zero-order valence-electron chi connectivity index (χ0n) is 10.2. The third kappa shape index (κ3) is 0.976. The van der Waals surface area contributed by atoms with Crippen LogP contribution in [0.3, 0.4) is 0 Å². The predicted molar refractivity (Wildman–Crippen MR) is 69.6 cm³/mol. The molecule has 1 fully saturated rings. The van der Waals surface area contributed by atoms with Gasteiger partial charge in [-0.1, -0.05) is 36.4 Å². The Morgan fingerprint density at radius 3 is 2.72 bits per heavy atom. The van der Waals surface area contributed by atoms with Crippen molar-refractivity contribution < 1.29 is 9.90 Å². The summed E-state index contributed by atoms with van der Waals surface area (Å²) in [7, 11) is 0. The van der Waals surface area contributed by atoms with Gasteiger partial charge in [0.15, 0.2) is 0 Å². The van der Waals surface area contributed by atoms with E-state index in [9.17, 15) is 9.90 Å². The van der Waals surface area contributed by atoms with E-state index >= 15 is 0 Å². The first-order chi connectivity index (χ1) is 8.64. The minimum Gasteiger partial charge on any atom is -0.481 e. The Morgan fingerprint density at radius 1 is 1.28 bits per heavy atom. The van der Waals surface area contributed by atoms with Crippen molar-refractivity contribution in [3.05, 3.63) is 47.5 Å². The molecule has 1 saturated carbocycles. The molecular weight excluding hydrogens is 224 g/mol. The molecule has 3 atom stereocenters. The monoisotopic (exact) mass is 238 g/mol. The van der Waals surface area contributed by atoms with Gasteiger partial charge in [-0.05, 0) is 41.2 Å². The van der Waals surface area contributed by atoms with Gasteiger partial charge in [-0.2, -0.15) is 0 Å². The van der Waals surface area contributed by atoms with Crippen molar-refractivity contribution in [1.82, 2.24) is 0 Å². The van der Waals surface area contributed by atoms with Crippen LogP contribution in [0.4, 0.5) is 0 Å². The zero-order chi connectivity index (χ0) is 12.5. The molecule has 2 aromatic rings. The number of hydrogen-bond acceptors (Lipinski definition) is 1. The van der Waals surface area contributed by atoms with Crippen molar-refractivity contribution in [2.75, 3.05) is 0 Å². The van der Waals surface area contributed by atoms with E-state index < -0.39 is 11.4 Å². The van der Waals surface area contributed by atoms with Gasteiger partial charge in [0, 0.05) is 5.92 Å². The molecule has 0 amide bonds. The molecular formula is C16H14O2. The van der Waals surface area contributed by atoms with E-state index in [2.05, 4.69) is 30.3 Å². The molecule has 4 rings (SSSR count). The Morgan fingerprint density at radius 2 is 2.00 bits per heavy atom. The first-order valence-corrected chi connectivity index (χ1v) is 6.38. The van der Waals surface area contributed by atoms with Gasteiger partial charge in [-0.25, -0.2) is 0 Å². The van der Waals surface area contributed by atoms with E-state index in [1.165, 1.54) is 21.9 Å². The van der Waals surface area contributed by atoms with Crippen LogP contribution in [0.2, 0.25) is 0 Å². The summed E-state index contributed by atoms with van der Waals surface area (Å²) in [4.78, 5) is 11.5. The van der Waals surface area contributed by atoms with Crippen LogP contribution in [0.1, 0.15) is 24.0 Å². The molecule has 2 aliphatic rings. The predicted octanol–water partition coefficient (Wildman–Crippen LogP) is 3.20. The lowest BCUT2D eigenvalue weighted by molar-refractivity contribution is -0.143. The van der Waals surface area contributed by atoms with Crippen LogP contribution < -0.4 is 0 Å². The van der Waals surface area contributed by atoms with E-state index in [0.717, 1.165) is 6.42 Å². The van der Waals surface area contributed by atoms with E-state index in [-0.39, 0.29) is 11.8 Å². The molecule has 0 aromatic heterocycles. The molecule has 2 nitrogen and oxygen atoms in total. The SMILES string of the molecule is CC1(C(=O)O)C2Cc3cccc4cccc(c34)C21. The summed E-state index contributed by atoms with van der Waals surface area (Å²) in [5.74, 6) is -0.175. The summed E-state index contributed by atoms with van der Waals surface area (Å²) in [6.07, 6.45) is 0.905. The minimum atomic E-state index is -0.651. The van der Waals surface area contributed by atoms with Crippen LogP contribution in [-0.4, -0.2) is 11.1 Å². The van der Waals surface area contributed by atoms with Gasteiger partial charge >= 0.3 is 5.97 Å². The van der Waals surface area contributed by atoms with Gasteiger partial charge in [-0.3, -0.25) is 4.79 Å². The number of aliphatic carboxylic acids is 1. The molecule has 0 radical (unpaired) electrons. The van der Waals surface area contributed by atoms with Crippen molar-refractivity contribution >= 4 is 16.7 Å². The molecule has 90 valence electrons. The topological polar surface area (TPSA) is 37.3 Å². The summed E-state index contributed by atoms with van der Waals surface area (Å²) in [6, 6.07) is 12.6. The van der Waals surface area contributed by atoms with Crippen LogP contribution in [0.25, 0.3) is 10.8 Å². The Balaban J connectivity index is 2.01. The van der Waals surface area contributed by atoms with Crippen LogP contribution in [-0.2, 0) is 11.2 Å². The second-order valence-electron chi connectivity index (χ2n) is 5.74. The average Bonchev–Trinajstić information content (AvgIpc) is 2.98. The van der Waals surface area contributed by atoms with E-state index in [0.29, 0.717) is 0 Å². The van der Waals surface area contributed by atoms with Gasteiger partial charge in [0.2, 0.25) is 0 Å². The number of rotatable bonds is 1. The van der Waals surface area contributed by atoms with Crippen molar-refractivity contribution in [1.29, 1.82) is 0 Å². The maximum Gasteiger partial charge on any atom is 0.310 e. The first kappa shape index (κ1) is 10.1. The standard InChI is InChI=1S/C16H14O2/c1-16(15(17)18)12-8-10-6-2-4-9-5-3-7-11(13(9)10)14(12)16/h2-7,12,14H,8H2,1H3,(H,17,18). The van der Waals surface area contributed by atoms with Crippen LogP contribution >= 0.6 is 0 Å². The van der Waals surface area contributed by atoms with Gasteiger partial charge < -0.3 is 5.11 Å². The fourth-order valence-electron chi connectivity index (χ4n) is 3.88. The molecule has 2 heteroatoms. The largest absolute Gasteiger partial charge is 0.481 e. The van der Waals surface area contributed by atoms with Gasteiger partial charge in [0.1, 0.15) is 0 Å². The minimum absolute atomic E-state index is 0.202. The van der Waals surface area contributed by atoms with Gasteiger partial charge in [0.25, 0.3) is 0 Å². The number of hydrogen-bond donors (Lipinski definition) is 1. The van der Waals surface area contributed by atoms with E-state index in [4.69, 9.17) is 0 Å². The molecule has 18 heavy (non-hydrogen) atoms. The molecule has 1 N–H and O–H groups in total. The normalized spacial score (nSPS) is 32.1. The zero-order valence-corrected chi connectivity index (χ0v) is 10.2. The number of carboxylic acid groups (broad SMARTS) is 1. The Labute approximate surface area is 105 Å². The highest BCUT2D eigenvalue weighted by atomic mass is 16.4. The summed E-state index contributed by atoms with van der Waals surface area (Å²) in [5.41, 5.74) is 1.99. The maximum atomic E-state index is 11.5. The second kappa shape index (κ2) is 2.94. The van der Waals surface area contributed by atoms with E-state index in [1.54, 1.807) is 0 Å². The fourth-order valence-corrected chi connectivity index (χ4v) is 3.88. The first-order valence-electron chi connectivity index (χ1n) is 6.38. The molecule has 0 saturated heterocycles. The van der Waals surface area contributed by atoms with E-state index in [1.807, 2.05) is 13.0 Å². The molecule has 0 heterocycles. The Kier molecular flexibility index (Phi) is 1.66. The van der Waals surface area contributed by atoms with Gasteiger partial charge in [-0.15, -0.1) is 0 Å². The molecule has 3 unspecified atom stereocenters. The summed E-state index contributed by atoms with van der Waals surface area (Å²) >= 11 is 0. The number of carbonyl (C=O) groups is 1. The second-order valence-corrected chi connectivity index (χ2v) is 5.74. The lowest BCUT2D eigenvalue weighted by Gasteiger charge is -2.15. The quantitative estimate of drug-likeness (QED) is 0.828. The number of benzene rings is 2. The van der Waals surface area contributed by atoms with Crippen molar-refractivity contribution in [2.45, 2.75) is 19.3 Å². The van der Waals surface area contributed by atoms with Gasteiger partial charge in [0.05, 0.1) is 5.41 Å². The number of carboxylic acids is 1. The van der Waals surface area contributed by atoms with Crippen molar-refractivity contribution in [3.8, 4) is 0 Å². The van der Waals surface area contributed by atoms with Crippen molar-refractivity contribution in [3.63, 3.8) is 0 Å². The average molecular weight is 238 g/mol. The summed E-state index contributed by atoms with van der Waals surface area (Å²) in [6.45, 7) is 1.90. The third-order valence-electron chi connectivity index (χ3n) is 4.97. The van der Waals surface area contributed by atoms with Crippen LogP contribution in [0.5, 0.6) is 0 Å². The third-order valence-corrected chi connectivity index (χ3v) is 4.97. The number of fused-ring (bicyclic) bond motifs is 2. The fraction of sp³-hybridized carbons (Fsp3) is 0.312. The van der Waals surface area contributed by atoms with Crippen LogP contribution in [0, 0.1) is 11.3 Å². The van der Waals surface area contributed by atoms with Crippen molar-refractivity contribution in [2.24, 2.45) is 11.3 Å². The molecule has 0 bridgehead atoms.